The van der Waals surface area contributed by atoms with Crippen molar-refractivity contribution in [2.24, 2.45) is 0 Å². The van der Waals surface area contributed by atoms with Crippen LogP contribution in [-0.2, 0) is 11.3 Å². The minimum Gasteiger partial charge on any atom is -0.488 e. The predicted octanol–water partition coefficient (Wildman–Crippen LogP) is 3.95. The Morgan fingerprint density at radius 1 is 1.33 bits per heavy atom. The zero-order valence-electron chi connectivity index (χ0n) is 11.5. The number of amides is 1. The Kier molecular flexibility index (Phi) is 4.12. The van der Waals surface area contributed by atoms with Crippen LogP contribution in [0.5, 0.6) is 5.75 Å². The Labute approximate surface area is 136 Å². The number of likely N-dealkylation sites (N-methyl/N-ethyl adjacent to an activating group) is 1. The van der Waals surface area contributed by atoms with Crippen LogP contribution >= 0.6 is 27.3 Å². The van der Waals surface area contributed by atoms with Gasteiger partial charge in [-0.25, -0.2) is 0 Å². The molecule has 0 saturated heterocycles. The summed E-state index contributed by atoms with van der Waals surface area (Å²) in [5.41, 5.74) is 1.64. The normalized spacial score (nSPS) is 13.1. The summed E-state index contributed by atoms with van der Waals surface area (Å²) < 4.78 is 6.72. The van der Waals surface area contributed by atoms with Crippen LogP contribution in [0, 0.1) is 0 Å². The summed E-state index contributed by atoms with van der Waals surface area (Å²) in [6.45, 7) is 0.933. The molecule has 0 unspecified atom stereocenters. The Morgan fingerprint density at radius 2 is 2.14 bits per heavy atom. The molecule has 0 radical (unpaired) electrons. The molecule has 3 rings (SSSR count). The number of thiophene rings is 1. The van der Waals surface area contributed by atoms with Crippen molar-refractivity contribution in [2.45, 2.75) is 6.54 Å². The number of carbonyl (C=O) groups is 1. The predicted molar refractivity (Wildman–Crippen MR) is 88.4 cm³/mol. The molecular formula is C16H14BrNO2S. The standard InChI is InChI=1S/C16H14BrNO2S/c1-18(9-13-6-7-15(17)21-13)16(19)12-8-11-4-2-3-5-14(11)20-10-12/h2-8H,9-10H2,1H3. The Bertz CT molecular complexity index is 708. The molecule has 0 N–H and O–H groups in total. The van der Waals surface area contributed by atoms with E-state index in [4.69, 9.17) is 4.74 Å². The van der Waals surface area contributed by atoms with E-state index < -0.39 is 0 Å². The Morgan fingerprint density at radius 3 is 2.90 bits per heavy atom. The van der Waals surface area contributed by atoms with E-state index in [1.807, 2.05) is 49.5 Å². The lowest BCUT2D eigenvalue weighted by Crippen LogP contribution is -2.30. The highest BCUT2D eigenvalue weighted by Crippen LogP contribution is 2.27. The van der Waals surface area contributed by atoms with Gasteiger partial charge in [0.1, 0.15) is 12.4 Å². The average Bonchev–Trinajstić information content (AvgIpc) is 2.91. The highest BCUT2D eigenvalue weighted by molar-refractivity contribution is 9.11. The van der Waals surface area contributed by atoms with Crippen LogP contribution in [-0.4, -0.2) is 24.5 Å². The molecule has 2 aromatic rings. The fourth-order valence-corrected chi connectivity index (χ4v) is 3.76. The van der Waals surface area contributed by atoms with Crippen LogP contribution in [0.2, 0.25) is 0 Å². The number of carbonyl (C=O) groups excluding carboxylic acids is 1. The first-order valence-corrected chi connectivity index (χ1v) is 8.16. The third kappa shape index (κ3) is 3.19. The lowest BCUT2D eigenvalue weighted by molar-refractivity contribution is -0.126. The van der Waals surface area contributed by atoms with Gasteiger partial charge >= 0.3 is 0 Å². The summed E-state index contributed by atoms with van der Waals surface area (Å²) >= 11 is 5.08. The third-order valence-corrected chi connectivity index (χ3v) is 4.88. The van der Waals surface area contributed by atoms with Gasteiger partial charge in [-0.05, 0) is 40.2 Å². The van der Waals surface area contributed by atoms with Crippen molar-refractivity contribution in [3.05, 3.63) is 56.2 Å². The van der Waals surface area contributed by atoms with Gasteiger partial charge in [-0.1, -0.05) is 18.2 Å². The number of rotatable bonds is 3. The van der Waals surface area contributed by atoms with Gasteiger partial charge in [0.2, 0.25) is 0 Å². The van der Waals surface area contributed by atoms with E-state index in [2.05, 4.69) is 15.9 Å². The molecule has 3 nitrogen and oxygen atoms in total. The molecule has 0 fully saturated rings. The minimum absolute atomic E-state index is 0.00836. The number of benzene rings is 1. The molecule has 5 heteroatoms. The Balaban J connectivity index is 1.75. The van der Waals surface area contributed by atoms with Crippen molar-refractivity contribution in [3.8, 4) is 5.75 Å². The summed E-state index contributed by atoms with van der Waals surface area (Å²) in [6.07, 6.45) is 1.92. The third-order valence-electron chi connectivity index (χ3n) is 3.28. The fourth-order valence-electron chi connectivity index (χ4n) is 2.23. The summed E-state index contributed by atoms with van der Waals surface area (Å²) in [4.78, 5) is 15.4. The summed E-state index contributed by atoms with van der Waals surface area (Å²) in [5.74, 6) is 0.841. The molecule has 1 aliphatic heterocycles. The van der Waals surface area contributed by atoms with Crippen LogP contribution in [0.25, 0.3) is 6.08 Å². The molecule has 1 aromatic heterocycles. The van der Waals surface area contributed by atoms with Crippen molar-refractivity contribution in [1.29, 1.82) is 0 Å². The smallest absolute Gasteiger partial charge is 0.253 e. The van der Waals surface area contributed by atoms with Crippen LogP contribution in [0.15, 0.2) is 45.8 Å². The first-order valence-electron chi connectivity index (χ1n) is 6.55. The first kappa shape index (κ1) is 14.4. The molecule has 21 heavy (non-hydrogen) atoms. The SMILES string of the molecule is CN(Cc1ccc(Br)s1)C(=O)C1=Cc2ccccc2OC1. The van der Waals surface area contributed by atoms with Crippen LogP contribution in [0.3, 0.4) is 0 Å². The lowest BCUT2D eigenvalue weighted by atomic mass is 10.1. The van der Waals surface area contributed by atoms with Gasteiger partial charge in [-0.2, -0.15) is 0 Å². The maximum atomic E-state index is 12.5. The lowest BCUT2D eigenvalue weighted by Gasteiger charge is -2.22. The molecule has 2 heterocycles. The van der Waals surface area contributed by atoms with Crippen molar-refractivity contribution in [2.75, 3.05) is 13.7 Å². The first-order chi connectivity index (χ1) is 10.1. The molecule has 108 valence electrons. The number of hydrogen-bond acceptors (Lipinski definition) is 3. The molecular weight excluding hydrogens is 350 g/mol. The van der Waals surface area contributed by atoms with Gasteiger partial charge in [-0.3, -0.25) is 4.79 Å². The van der Waals surface area contributed by atoms with Crippen molar-refractivity contribution in [1.82, 2.24) is 4.90 Å². The van der Waals surface area contributed by atoms with E-state index in [1.54, 1.807) is 16.2 Å². The highest BCUT2D eigenvalue weighted by Gasteiger charge is 2.20. The quantitative estimate of drug-likeness (QED) is 0.826. The zero-order chi connectivity index (χ0) is 14.8. The summed E-state index contributed by atoms with van der Waals surface area (Å²) in [7, 11) is 1.82. The van der Waals surface area contributed by atoms with Crippen molar-refractivity contribution >= 4 is 39.2 Å². The molecule has 0 spiro atoms. The van der Waals surface area contributed by atoms with Gasteiger partial charge in [0.05, 0.1) is 15.9 Å². The van der Waals surface area contributed by atoms with Gasteiger partial charge < -0.3 is 9.64 Å². The molecule has 1 aliphatic rings. The number of para-hydroxylation sites is 1. The largest absolute Gasteiger partial charge is 0.488 e. The molecule has 0 saturated carbocycles. The Hall–Kier alpha value is -1.59. The molecule has 0 bridgehead atoms. The van der Waals surface area contributed by atoms with Gasteiger partial charge in [0.25, 0.3) is 5.91 Å². The topological polar surface area (TPSA) is 29.5 Å². The van der Waals surface area contributed by atoms with Crippen molar-refractivity contribution < 1.29 is 9.53 Å². The van der Waals surface area contributed by atoms with Crippen LogP contribution in [0.1, 0.15) is 10.4 Å². The highest BCUT2D eigenvalue weighted by atomic mass is 79.9. The van der Waals surface area contributed by atoms with E-state index in [0.717, 1.165) is 20.0 Å². The second kappa shape index (κ2) is 6.03. The van der Waals surface area contributed by atoms with Crippen LogP contribution < -0.4 is 4.74 Å². The maximum absolute atomic E-state index is 12.5. The number of ether oxygens (including phenoxy) is 1. The average molecular weight is 364 g/mol. The van der Waals surface area contributed by atoms with E-state index in [-0.39, 0.29) is 5.91 Å². The molecule has 0 aliphatic carbocycles. The number of fused-ring (bicyclic) bond motifs is 1. The molecule has 1 amide bonds. The maximum Gasteiger partial charge on any atom is 0.253 e. The minimum atomic E-state index is 0.00836. The second-order valence-corrected chi connectivity index (χ2v) is 7.41. The van der Waals surface area contributed by atoms with Crippen LogP contribution in [0.4, 0.5) is 0 Å². The zero-order valence-corrected chi connectivity index (χ0v) is 13.9. The van der Waals surface area contributed by atoms with Crippen molar-refractivity contribution in [3.63, 3.8) is 0 Å². The van der Waals surface area contributed by atoms with Gasteiger partial charge in [0.15, 0.2) is 0 Å². The van der Waals surface area contributed by atoms with E-state index in [0.29, 0.717) is 18.7 Å². The van der Waals surface area contributed by atoms with E-state index in [9.17, 15) is 4.79 Å². The summed E-state index contributed by atoms with van der Waals surface area (Å²) in [6, 6.07) is 11.8. The van der Waals surface area contributed by atoms with E-state index in [1.165, 1.54) is 0 Å². The summed E-state index contributed by atoms with van der Waals surface area (Å²) in [5, 5.41) is 0. The van der Waals surface area contributed by atoms with E-state index >= 15 is 0 Å². The molecule has 0 atom stereocenters. The fraction of sp³-hybridized carbons (Fsp3) is 0.188. The van der Waals surface area contributed by atoms with Gasteiger partial charge in [-0.15, -0.1) is 11.3 Å². The number of hydrogen-bond donors (Lipinski definition) is 0. The number of nitrogens with zero attached hydrogens (tertiary/aromatic N) is 1. The van der Waals surface area contributed by atoms with Gasteiger partial charge in [0, 0.05) is 17.5 Å². The molecule has 1 aromatic carbocycles. The second-order valence-electron chi connectivity index (χ2n) is 4.86. The number of halogens is 1. The monoisotopic (exact) mass is 363 g/mol.